The molecule has 0 unspecified atom stereocenters. The molecule has 0 atom stereocenters. The van der Waals surface area contributed by atoms with Crippen LogP contribution in [0, 0.1) is 0 Å². The number of methoxy groups -OCH3 is 3. The molecule has 0 radical (unpaired) electrons. The lowest BCUT2D eigenvalue weighted by Gasteiger charge is -2.14. The predicted molar refractivity (Wildman–Crippen MR) is 99.5 cm³/mol. The molecule has 0 fully saturated rings. The van der Waals surface area contributed by atoms with Crippen molar-refractivity contribution >= 4 is 5.91 Å². The third-order valence-electron chi connectivity index (χ3n) is 3.82. The number of benzene rings is 2. The Morgan fingerprint density at radius 2 is 1.54 bits per heavy atom. The molecule has 0 aliphatic rings. The maximum absolute atomic E-state index is 12.4. The summed E-state index contributed by atoms with van der Waals surface area (Å²) in [6, 6.07) is 10.6. The summed E-state index contributed by atoms with van der Waals surface area (Å²) in [6.45, 7) is 3.01. The summed E-state index contributed by atoms with van der Waals surface area (Å²) < 4.78 is 21.5. The zero-order valence-electron chi connectivity index (χ0n) is 15.6. The summed E-state index contributed by atoms with van der Waals surface area (Å²) in [5, 5.41) is 2.89. The van der Waals surface area contributed by atoms with Crippen molar-refractivity contribution in [2.24, 2.45) is 0 Å². The molecule has 2 rings (SSSR count). The maximum atomic E-state index is 12.4. The normalized spacial score (nSPS) is 10.2. The summed E-state index contributed by atoms with van der Waals surface area (Å²) in [4.78, 5) is 12.4. The molecule has 140 valence electrons. The Morgan fingerprint density at radius 1 is 0.923 bits per heavy atom. The fourth-order valence-corrected chi connectivity index (χ4v) is 2.43. The first-order valence-corrected chi connectivity index (χ1v) is 8.42. The summed E-state index contributed by atoms with van der Waals surface area (Å²) in [6.07, 6.45) is 0.940. The van der Waals surface area contributed by atoms with E-state index in [9.17, 15) is 4.79 Å². The number of carbonyl (C=O) groups is 1. The van der Waals surface area contributed by atoms with Gasteiger partial charge in [-0.15, -0.1) is 0 Å². The van der Waals surface area contributed by atoms with Crippen molar-refractivity contribution in [2.45, 2.75) is 19.9 Å². The first-order chi connectivity index (χ1) is 12.6. The first kappa shape index (κ1) is 19.4. The van der Waals surface area contributed by atoms with Gasteiger partial charge in [-0.05, 0) is 36.8 Å². The molecule has 0 heterocycles. The molecule has 0 aliphatic carbocycles. The lowest BCUT2D eigenvalue weighted by atomic mass is 10.1. The van der Waals surface area contributed by atoms with Gasteiger partial charge in [0.2, 0.25) is 0 Å². The summed E-state index contributed by atoms with van der Waals surface area (Å²) in [7, 11) is 4.70. The third-order valence-corrected chi connectivity index (χ3v) is 3.82. The molecular weight excluding hydrogens is 334 g/mol. The summed E-state index contributed by atoms with van der Waals surface area (Å²) >= 11 is 0. The van der Waals surface area contributed by atoms with Gasteiger partial charge in [-0.3, -0.25) is 4.79 Å². The lowest BCUT2D eigenvalue weighted by Crippen LogP contribution is -2.23. The number of rotatable bonds is 9. The zero-order chi connectivity index (χ0) is 18.9. The third kappa shape index (κ3) is 4.81. The first-order valence-electron chi connectivity index (χ1n) is 8.42. The highest BCUT2D eigenvalue weighted by Crippen LogP contribution is 2.34. The van der Waals surface area contributed by atoms with Crippen molar-refractivity contribution in [1.29, 1.82) is 0 Å². The maximum Gasteiger partial charge on any atom is 0.251 e. The van der Waals surface area contributed by atoms with Crippen LogP contribution in [0.3, 0.4) is 0 Å². The van der Waals surface area contributed by atoms with Crippen LogP contribution in [0.4, 0.5) is 0 Å². The SMILES string of the molecule is CCCOc1ccc(C(=O)NCc2cc(OC)c(OC)cc2OC)cc1. The lowest BCUT2D eigenvalue weighted by molar-refractivity contribution is 0.0950. The van der Waals surface area contributed by atoms with Crippen LogP contribution in [0.25, 0.3) is 0 Å². The Labute approximate surface area is 154 Å². The van der Waals surface area contributed by atoms with Crippen LogP contribution in [0.5, 0.6) is 23.0 Å². The van der Waals surface area contributed by atoms with Crippen LogP contribution in [0.2, 0.25) is 0 Å². The van der Waals surface area contributed by atoms with E-state index in [0.29, 0.717) is 36.0 Å². The highest BCUT2D eigenvalue weighted by Gasteiger charge is 2.13. The zero-order valence-corrected chi connectivity index (χ0v) is 15.6. The number of ether oxygens (including phenoxy) is 4. The van der Waals surface area contributed by atoms with Crippen LogP contribution in [-0.2, 0) is 6.54 Å². The summed E-state index contributed by atoms with van der Waals surface area (Å²) in [5.41, 5.74) is 1.36. The molecule has 6 heteroatoms. The quantitative estimate of drug-likeness (QED) is 0.743. The van der Waals surface area contributed by atoms with Crippen LogP contribution in [0.1, 0.15) is 29.3 Å². The van der Waals surface area contributed by atoms with E-state index in [1.807, 2.05) is 6.92 Å². The largest absolute Gasteiger partial charge is 0.496 e. The van der Waals surface area contributed by atoms with Gasteiger partial charge in [0.05, 0.1) is 27.9 Å². The van der Waals surface area contributed by atoms with Crippen molar-refractivity contribution in [3.63, 3.8) is 0 Å². The fraction of sp³-hybridized carbons (Fsp3) is 0.350. The Hall–Kier alpha value is -2.89. The molecule has 1 amide bonds. The summed E-state index contributed by atoms with van der Waals surface area (Å²) in [5.74, 6) is 2.34. The Bertz CT molecular complexity index is 728. The topological polar surface area (TPSA) is 66.0 Å². The molecule has 2 aromatic rings. The van der Waals surface area contributed by atoms with E-state index < -0.39 is 0 Å². The number of hydrogen-bond donors (Lipinski definition) is 1. The number of carbonyl (C=O) groups excluding carboxylic acids is 1. The van der Waals surface area contributed by atoms with Crippen molar-refractivity contribution in [3.8, 4) is 23.0 Å². The second kappa shape index (κ2) is 9.56. The van der Waals surface area contributed by atoms with Crippen LogP contribution >= 0.6 is 0 Å². The van der Waals surface area contributed by atoms with Gasteiger partial charge < -0.3 is 24.3 Å². The molecule has 0 saturated heterocycles. The monoisotopic (exact) mass is 359 g/mol. The predicted octanol–water partition coefficient (Wildman–Crippen LogP) is 3.43. The molecule has 1 N–H and O–H groups in total. The van der Waals surface area contributed by atoms with Crippen LogP contribution < -0.4 is 24.3 Å². The standard InChI is InChI=1S/C20H25NO5/c1-5-10-26-16-8-6-14(7-9-16)20(22)21-13-15-11-18(24-3)19(25-4)12-17(15)23-2/h6-9,11-12H,5,10,13H2,1-4H3,(H,21,22). The second-order valence-corrected chi connectivity index (χ2v) is 5.57. The fourth-order valence-electron chi connectivity index (χ4n) is 2.43. The number of hydrogen-bond acceptors (Lipinski definition) is 5. The molecule has 26 heavy (non-hydrogen) atoms. The minimum absolute atomic E-state index is 0.177. The molecule has 0 aromatic heterocycles. The molecule has 0 saturated carbocycles. The Balaban J connectivity index is 2.06. The average Bonchev–Trinajstić information content (AvgIpc) is 2.69. The van der Waals surface area contributed by atoms with Gasteiger partial charge in [0.25, 0.3) is 5.91 Å². The van der Waals surface area contributed by atoms with Gasteiger partial charge in [0, 0.05) is 23.7 Å². The van der Waals surface area contributed by atoms with Crippen LogP contribution in [0.15, 0.2) is 36.4 Å². The Kier molecular flexibility index (Phi) is 7.14. The van der Waals surface area contributed by atoms with Gasteiger partial charge in [-0.25, -0.2) is 0 Å². The Morgan fingerprint density at radius 3 is 2.12 bits per heavy atom. The molecule has 6 nitrogen and oxygen atoms in total. The van der Waals surface area contributed by atoms with E-state index in [1.54, 1.807) is 57.7 Å². The van der Waals surface area contributed by atoms with Crippen molar-refractivity contribution < 1.29 is 23.7 Å². The van der Waals surface area contributed by atoms with E-state index in [2.05, 4.69) is 5.32 Å². The van der Waals surface area contributed by atoms with Gasteiger partial charge in [-0.2, -0.15) is 0 Å². The molecule has 0 spiro atoms. The van der Waals surface area contributed by atoms with E-state index in [1.165, 1.54) is 0 Å². The average molecular weight is 359 g/mol. The second-order valence-electron chi connectivity index (χ2n) is 5.57. The minimum Gasteiger partial charge on any atom is -0.496 e. The van der Waals surface area contributed by atoms with Crippen molar-refractivity contribution in [2.75, 3.05) is 27.9 Å². The van der Waals surface area contributed by atoms with Gasteiger partial charge in [0.15, 0.2) is 11.5 Å². The number of nitrogens with one attached hydrogen (secondary N) is 1. The van der Waals surface area contributed by atoms with Crippen molar-refractivity contribution in [3.05, 3.63) is 47.5 Å². The minimum atomic E-state index is -0.177. The van der Waals surface area contributed by atoms with Crippen molar-refractivity contribution in [1.82, 2.24) is 5.32 Å². The van der Waals surface area contributed by atoms with Gasteiger partial charge >= 0.3 is 0 Å². The van der Waals surface area contributed by atoms with E-state index in [0.717, 1.165) is 17.7 Å². The molecule has 0 aliphatic heterocycles. The van der Waals surface area contributed by atoms with Gasteiger partial charge in [0.1, 0.15) is 11.5 Å². The van der Waals surface area contributed by atoms with E-state index in [-0.39, 0.29) is 5.91 Å². The van der Waals surface area contributed by atoms with E-state index in [4.69, 9.17) is 18.9 Å². The number of amides is 1. The smallest absolute Gasteiger partial charge is 0.251 e. The van der Waals surface area contributed by atoms with Crippen LogP contribution in [-0.4, -0.2) is 33.8 Å². The van der Waals surface area contributed by atoms with E-state index >= 15 is 0 Å². The molecular formula is C20H25NO5. The van der Waals surface area contributed by atoms with Gasteiger partial charge in [-0.1, -0.05) is 6.92 Å². The highest BCUT2D eigenvalue weighted by molar-refractivity contribution is 5.94. The molecule has 0 bridgehead atoms. The highest BCUT2D eigenvalue weighted by atomic mass is 16.5. The molecule has 2 aromatic carbocycles.